The normalized spacial score (nSPS) is 7.94. The van der Waals surface area contributed by atoms with Gasteiger partial charge in [-0.3, -0.25) is 5.84 Å². The smallest absolute Gasteiger partial charge is 0.414 e. The Bertz CT molecular complexity index is 530. The highest BCUT2D eigenvalue weighted by Crippen LogP contribution is 2.14. The molecule has 0 saturated carbocycles. The first-order valence-corrected chi connectivity index (χ1v) is 4.33. The van der Waals surface area contributed by atoms with Gasteiger partial charge < -0.3 is 15.6 Å². The lowest BCUT2D eigenvalue weighted by molar-refractivity contribution is -0.159. The van der Waals surface area contributed by atoms with E-state index in [0.29, 0.717) is 16.8 Å². The predicted octanol–water partition coefficient (Wildman–Crippen LogP) is -0.129. The van der Waals surface area contributed by atoms with Crippen LogP contribution in [0.15, 0.2) is 18.2 Å². The Morgan fingerprint density at radius 1 is 1.17 bits per heavy atom. The fourth-order valence-corrected chi connectivity index (χ4v) is 0.831. The van der Waals surface area contributed by atoms with Gasteiger partial charge in [-0.2, -0.15) is 10.5 Å². The van der Waals surface area contributed by atoms with Gasteiger partial charge in [0.2, 0.25) is 0 Å². The number of hydrogen-bond donors (Lipinski definition) is 4. The van der Waals surface area contributed by atoms with Crippen LogP contribution < -0.4 is 11.3 Å². The maximum absolute atomic E-state index is 9.10. The number of hydrogen-bond acceptors (Lipinski definition) is 6. The second-order valence-electron chi connectivity index (χ2n) is 2.74. The molecule has 18 heavy (non-hydrogen) atoms. The molecule has 0 spiro atoms. The molecule has 0 saturated heterocycles. The minimum atomic E-state index is -1.82. The summed E-state index contributed by atoms with van der Waals surface area (Å²) in [5.41, 5.74) is 3.72. The molecule has 0 amide bonds. The largest absolute Gasteiger partial charge is 0.473 e. The van der Waals surface area contributed by atoms with Crippen molar-refractivity contribution in [3.05, 3.63) is 29.3 Å². The Balaban J connectivity index is 0.000000411. The van der Waals surface area contributed by atoms with Gasteiger partial charge >= 0.3 is 11.9 Å². The molecule has 0 aliphatic carbocycles. The molecular weight excluding hydrogens is 240 g/mol. The van der Waals surface area contributed by atoms with Crippen LogP contribution in [0.5, 0.6) is 0 Å². The molecule has 0 unspecified atom stereocenters. The topological polar surface area (TPSA) is 160 Å². The molecule has 92 valence electrons. The molecule has 1 rings (SSSR count). The fraction of sp³-hybridized carbons (Fsp3) is 0. The third-order valence-electron chi connectivity index (χ3n) is 1.61. The van der Waals surface area contributed by atoms with Gasteiger partial charge in [0, 0.05) is 0 Å². The summed E-state index contributed by atoms with van der Waals surface area (Å²) in [6, 6.07) is 8.54. The van der Waals surface area contributed by atoms with E-state index in [0.717, 1.165) is 0 Å². The minimum Gasteiger partial charge on any atom is -0.473 e. The molecule has 8 nitrogen and oxygen atoms in total. The van der Waals surface area contributed by atoms with E-state index in [1.54, 1.807) is 12.1 Å². The van der Waals surface area contributed by atoms with Crippen LogP contribution in [-0.2, 0) is 9.59 Å². The van der Waals surface area contributed by atoms with Gasteiger partial charge in [-0.1, -0.05) is 0 Å². The molecule has 0 aromatic heterocycles. The number of carbonyl (C=O) groups is 2. The van der Waals surface area contributed by atoms with Crippen LogP contribution in [0.2, 0.25) is 0 Å². The first-order valence-electron chi connectivity index (χ1n) is 4.33. The van der Waals surface area contributed by atoms with Crippen molar-refractivity contribution >= 4 is 17.6 Å². The van der Waals surface area contributed by atoms with Gasteiger partial charge in [0.05, 0.1) is 22.9 Å². The Kier molecular flexibility index (Phi) is 5.98. The highest BCUT2D eigenvalue weighted by Gasteiger charge is 2.04. The van der Waals surface area contributed by atoms with E-state index in [-0.39, 0.29) is 0 Å². The molecule has 0 fully saturated rings. The van der Waals surface area contributed by atoms with E-state index >= 15 is 0 Å². The lowest BCUT2D eigenvalue weighted by atomic mass is 10.1. The lowest BCUT2D eigenvalue weighted by Crippen LogP contribution is -2.09. The van der Waals surface area contributed by atoms with E-state index in [4.69, 9.17) is 36.2 Å². The lowest BCUT2D eigenvalue weighted by Gasteiger charge is -2.01. The van der Waals surface area contributed by atoms with Gasteiger partial charge in [-0.05, 0) is 18.2 Å². The summed E-state index contributed by atoms with van der Waals surface area (Å²) >= 11 is 0. The zero-order valence-electron chi connectivity index (χ0n) is 8.91. The second kappa shape index (κ2) is 7.22. The number of nitrogens with zero attached hydrogens (tertiary/aromatic N) is 2. The van der Waals surface area contributed by atoms with Crippen molar-refractivity contribution in [1.29, 1.82) is 10.5 Å². The van der Waals surface area contributed by atoms with Gasteiger partial charge in [-0.15, -0.1) is 0 Å². The van der Waals surface area contributed by atoms with Gasteiger partial charge in [0.15, 0.2) is 0 Å². The number of hydrazine groups is 1. The van der Waals surface area contributed by atoms with Crippen molar-refractivity contribution in [3.8, 4) is 12.1 Å². The molecule has 0 aliphatic heterocycles. The zero-order chi connectivity index (χ0) is 14.1. The standard InChI is InChI=1S/C8H6N4.C2H2O4/c9-4-6-1-2-7(5-10)8(3-6)12-11;3-1(4)2(5)6/h1-3,12H,11H2;(H,3,4)(H,5,6). The number of anilines is 1. The summed E-state index contributed by atoms with van der Waals surface area (Å²) in [5, 5.41) is 31.9. The number of nitrogen functional groups attached to an aromatic ring is 1. The first kappa shape index (κ1) is 14.9. The predicted molar refractivity (Wildman–Crippen MR) is 59.0 cm³/mol. The third-order valence-corrected chi connectivity index (χ3v) is 1.61. The summed E-state index contributed by atoms with van der Waals surface area (Å²) in [7, 11) is 0. The fourth-order valence-electron chi connectivity index (χ4n) is 0.831. The number of aliphatic carboxylic acids is 2. The second-order valence-corrected chi connectivity index (χ2v) is 2.74. The zero-order valence-corrected chi connectivity index (χ0v) is 8.91. The van der Waals surface area contributed by atoms with Crippen molar-refractivity contribution in [1.82, 2.24) is 0 Å². The Morgan fingerprint density at radius 3 is 2.06 bits per heavy atom. The van der Waals surface area contributed by atoms with E-state index < -0.39 is 11.9 Å². The van der Waals surface area contributed by atoms with Crippen LogP contribution in [0, 0.1) is 22.7 Å². The van der Waals surface area contributed by atoms with Crippen molar-refractivity contribution in [2.24, 2.45) is 5.84 Å². The molecule has 0 atom stereocenters. The monoisotopic (exact) mass is 248 g/mol. The van der Waals surface area contributed by atoms with Gasteiger partial charge in [-0.25, -0.2) is 9.59 Å². The molecule has 8 heteroatoms. The molecule has 0 aliphatic rings. The highest BCUT2D eigenvalue weighted by atomic mass is 16.4. The number of rotatable bonds is 1. The summed E-state index contributed by atoms with van der Waals surface area (Å²) in [5.74, 6) is 1.49. The highest BCUT2D eigenvalue weighted by molar-refractivity contribution is 6.27. The van der Waals surface area contributed by atoms with E-state index in [2.05, 4.69) is 5.43 Å². The molecule has 1 aromatic rings. The summed E-state index contributed by atoms with van der Waals surface area (Å²) in [6.45, 7) is 0. The Hall–Kier alpha value is -3.10. The average Bonchev–Trinajstić information content (AvgIpc) is 2.38. The van der Waals surface area contributed by atoms with Crippen LogP contribution in [-0.4, -0.2) is 22.2 Å². The molecule has 0 radical (unpaired) electrons. The Morgan fingerprint density at radius 2 is 1.72 bits per heavy atom. The Labute approximate surface area is 101 Å². The number of carboxylic acids is 2. The van der Waals surface area contributed by atoms with Gasteiger partial charge in [0.1, 0.15) is 6.07 Å². The summed E-state index contributed by atoms with van der Waals surface area (Å²) in [4.78, 5) is 18.2. The summed E-state index contributed by atoms with van der Waals surface area (Å²) in [6.07, 6.45) is 0. The van der Waals surface area contributed by atoms with Crippen molar-refractivity contribution < 1.29 is 19.8 Å². The number of nitrogens with two attached hydrogens (primary N) is 1. The molecule has 5 N–H and O–H groups in total. The van der Waals surface area contributed by atoms with E-state index in [1.807, 2.05) is 12.1 Å². The maximum Gasteiger partial charge on any atom is 0.414 e. The molecule has 0 heterocycles. The SMILES string of the molecule is N#Cc1ccc(C#N)c(NN)c1.O=C(O)C(=O)O. The quantitative estimate of drug-likeness (QED) is 0.303. The summed E-state index contributed by atoms with van der Waals surface area (Å²) < 4.78 is 0. The average molecular weight is 248 g/mol. The van der Waals surface area contributed by atoms with Crippen molar-refractivity contribution in [2.75, 3.05) is 5.43 Å². The first-order chi connectivity index (χ1) is 8.46. The molecular formula is C10H8N4O4. The van der Waals surface area contributed by atoms with Gasteiger partial charge in [0.25, 0.3) is 0 Å². The van der Waals surface area contributed by atoms with Crippen LogP contribution >= 0.6 is 0 Å². The third kappa shape index (κ3) is 4.61. The number of benzene rings is 1. The molecule has 1 aromatic carbocycles. The van der Waals surface area contributed by atoms with E-state index in [1.165, 1.54) is 6.07 Å². The minimum absolute atomic E-state index is 0.427. The number of carboxylic acid groups (broad SMARTS) is 2. The maximum atomic E-state index is 9.10. The van der Waals surface area contributed by atoms with Crippen LogP contribution in [0.4, 0.5) is 5.69 Å². The molecule has 0 bridgehead atoms. The van der Waals surface area contributed by atoms with Crippen LogP contribution in [0.25, 0.3) is 0 Å². The van der Waals surface area contributed by atoms with E-state index in [9.17, 15) is 0 Å². The van der Waals surface area contributed by atoms with Crippen LogP contribution in [0.3, 0.4) is 0 Å². The number of nitriles is 2. The van der Waals surface area contributed by atoms with Crippen LogP contribution in [0.1, 0.15) is 11.1 Å². The van der Waals surface area contributed by atoms with Crippen molar-refractivity contribution in [2.45, 2.75) is 0 Å². The number of nitrogens with one attached hydrogen (secondary N) is 1. The van der Waals surface area contributed by atoms with Crippen molar-refractivity contribution in [3.63, 3.8) is 0 Å².